The van der Waals surface area contributed by atoms with E-state index in [0.717, 1.165) is 54.9 Å². The average Bonchev–Trinajstić information content (AvgIpc) is 2.78. The molecule has 4 aromatic rings. The molecule has 0 aliphatic rings. The molecular formula is C27H26N2O3S. The van der Waals surface area contributed by atoms with Gasteiger partial charge in [-0.3, -0.25) is 4.98 Å². The van der Waals surface area contributed by atoms with E-state index >= 15 is 0 Å². The summed E-state index contributed by atoms with van der Waals surface area (Å²) in [7, 11) is -1.46. The lowest BCUT2D eigenvalue weighted by Crippen LogP contribution is -2.10. The van der Waals surface area contributed by atoms with E-state index in [1.165, 1.54) is 0 Å². The molecule has 1 heterocycles. The first kappa shape index (κ1) is 22.7. The van der Waals surface area contributed by atoms with Crippen molar-refractivity contribution in [2.75, 3.05) is 4.72 Å². The number of carboxylic acid groups (broad SMARTS) is 1. The number of carbonyl (C=O) groups is 1. The van der Waals surface area contributed by atoms with Crippen molar-refractivity contribution in [2.45, 2.75) is 39.5 Å². The Balaban J connectivity index is 1.84. The van der Waals surface area contributed by atoms with E-state index in [4.69, 9.17) is 4.98 Å². The molecule has 4 rings (SSSR count). The predicted molar refractivity (Wildman–Crippen MR) is 134 cm³/mol. The molecule has 0 bridgehead atoms. The molecule has 0 saturated carbocycles. The first-order valence-electron chi connectivity index (χ1n) is 10.7. The number of fused-ring (bicyclic) bond motifs is 1. The van der Waals surface area contributed by atoms with E-state index in [-0.39, 0.29) is 5.56 Å². The molecule has 5 nitrogen and oxygen atoms in total. The van der Waals surface area contributed by atoms with E-state index in [1.54, 1.807) is 18.2 Å². The third-order valence-corrected chi connectivity index (χ3v) is 7.49. The fourth-order valence-electron chi connectivity index (χ4n) is 4.07. The Labute approximate surface area is 196 Å². The lowest BCUT2D eigenvalue weighted by atomic mass is 9.99. The fourth-order valence-corrected chi connectivity index (χ4v) is 5.42. The molecule has 3 aromatic carbocycles. The number of nitrogens with zero attached hydrogens (tertiary/aromatic N) is 1. The molecule has 168 valence electrons. The van der Waals surface area contributed by atoms with Gasteiger partial charge in [-0.2, -0.15) is 0 Å². The van der Waals surface area contributed by atoms with E-state index in [0.29, 0.717) is 5.69 Å². The van der Waals surface area contributed by atoms with Crippen molar-refractivity contribution >= 4 is 33.5 Å². The van der Waals surface area contributed by atoms with Crippen molar-refractivity contribution in [3.63, 3.8) is 0 Å². The second-order valence-electron chi connectivity index (χ2n) is 8.36. The number of aromatic carboxylic acids is 1. The van der Waals surface area contributed by atoms with Crippen LogP contribution in [0.2, 0.25) is 0 Å². The fraction of sp³-hybridized carbons (Fsp3) is 0.185. The summed E-state index contributed by atoms with van der Waals surface area (Å²) < 4.78 is 16.7. The Bertz CT molecular complexity index is 1420. The third kappa shape index (κ3) is 4.26. The topological polar surface area (TPSA) is 79.3 Å². The van der Waals surface area contributed by atoms with Gasteiger partial charge in [0.1, 0.15) is 0 Å². The zero-order valence-electron chi connectivity index (χ0n) is 19.3. The molecule has 0 aliphatic carbocycles. The number of nitrogens with one attached hydrogen (secondary N) is 1. The van der Waals surface area contributed by atoms with Gasteiger partial charge < -0.3 is 9.83 Å². The maximum atomic E-state index is 13.5. The van der Waals surface area contributed by atoms with Crippen LogP contribution in [0.15, 0.2) is 59.5 Å². The minimum absolute atomic E-state index is 0.220. The second-order valence-corrected chi connectivity index (χ2v) is 9.51. The number of anilines is 1. The molecule has 0 fully saturated rings. The first-order chi connectivity index (χ1) is 15.7. The Morgan fingerprint density at radius 1 is 0.909 bits per heavy atom. The normalized spacial score (nSPS) is 12.0. The van der Waals surface area contributed by atoms with Gasteiger partial charge in [0.25, 0.3) is 0 Å². The lowest BCUT2D eigenvalue weighted by molar-refractivity contribution is 0.0697. The van der Waals surface area contributed by atoms with Gasteiger partial charge in [0.05, 0.1) is 21.7 Å². The number of aryl methyl sites for hydroxylation is 3. The van der Waals surface area contributed by atoms with Crippen LogP contribution < -0.4 is 4.72 Å². The maximum absolute atomic E-state index is 13.5. The summed E-state index contributed by atoms with van der Waals surface area (Å²) in [5.41, 5.74) is 8.36. The van der Waals surface area contributed by atoms with Crippen molar-refractivity contribution in [2.24, 2.45) is 0 Å². The number of pyridine rings is 1. The summed E-state index contributed by atoms with van der Waals surface area (Å²) in [6.45, 7) is 9.98. The van der Waals surface area contributed by atoms with Gasteiger partial charge in [-0.05, 0) is 92.8 Å². The monoisotopic (exact) mass is 458 g/mol. The van der Waals surface area contributed by atoms with E-state index in [9.17, 15) is 14.1 Å². The molecule has 33 heavy (non-hydrogen) atoms. The van der Waals surface area contributed by atoms with Gasteiger partial charge in [-0.25, -0.2) is 9.00 Å². The molecule has 1 aromatic heterocycles. The van der Waals surface area contributed by atoms with E-state index in [1.807, 2.05) is 65.0 Å². The molecule has 6 heteroatoms. The van der Waals surface area contributed by atoms with Gasteiger partial charge in [0.15, 0.2) is 11.0 Å². The molecule has 1 unspecified atom stereocenters. The number of hydrogen-bond acceptors (Lipinski definition) is 3. The Kier molecular flexibility index (Phi) is 6.04. The average molecular weight is 459 g/mol. The van der Waals surface area contributed by atoms with Crippen molar-refractivity contribution in [1.82, 2.24) is 4.98 Å². The molecule has 0 saturated heterocycles. The van der Waals surface area contributed by atoms with E-state index < -0.39 is 17.0 Å². The molecule has 2 N–H and O–H groups in total. The SMILES string of the molecule is Cc1ccc2c(NS(=O)c3c(C)c(C)cc(C)c3C)ccc(-c3cccc(C(=O)O)c3)c2n1. The van der Waals surface area contributed by atoms with Gasteiger partial charge >= 0.3 is 5.97 Å². The number of rotatable bonds is 5. The van der Waals surface area contributed by atoms with Gasteiger partial charge in [-0.15, -0.1) is 0 Å². The first-order valence-corrected chi connectivity index (χ1v) is 11.8. The molecule has 0 amide bonds. The quantitative estimate of drug-likeness (QED) is 0.369. The minimum atomic E-state index is -1.46. The van der Waals surface area contributed by atoms with Crippen LogP contribution in [0.4, 0.5) is 5.69 Å². The summed E-state index contributed by atoms with van der Waals surface area (Å²) in [5, 5.41) is 10.2. The smallest absolute Gasteiger partial charge is 0.335 e. The minimum Gasteiger partial charge on any atom is -0.478 e. The van der Waals surface area contributed by atoms with Crippen LogP contribution in [0.3, 0.4) is 0 Å². The summed E-state index contributed by atoms with van der Waals surface area (Å²) in [6, 6.07) is 16.6. The summed E-state index contributed by atoms with van der Waals surface area (Å²) in [4.78, 5) is 17.0. The van der Waals surface area contributed by atoms with Gasteiger partial charge in [0, 0.05) is 16.6 Å². The van der Waals surface area contributed by atoms with Crippen LogP contribution >= 0.6 is 0 Å². The zero-order chi connectivity index (χ0) is 23.9. The van der Waals surface area contributed by atoms with Crippen molar-refractivity contribution in [1.29, 1.82) is 0 Å². The Morgan fingerprint density at radius 2 is 1.61 bits per heavy atom. The van der Waals surface area contributed by atoms with Crippen LogP contribution in [-0.2, 0) is 11.0 Å². The molecular weight excluding hydrogens is 432 g/mol. The van der Waals surface area contributed by atoms with Crippen LogP contribution in [0.1, 0.15) is 38.3 Å². The standard InChI is InChI=1S/C27H26N2O3S/c1-15-13-16(2)19(5)26(18(15)4)33(32)29-24-12-11-22(25-23(24)10-9-17(3)28-25)20-7-6-8-21(14-20)27(30)31/h6-14,29H,1-5H3,(H,30,31). The number of hydrogen-bond donors (Lipinski definition) is 2. The highest BCUT2D eigenvalue weighted by Gasteiger charge is 2.17. The molecule has 0 spiro atoms. The molecule has 0 aliphatic heterocycles. The number of aromatic nitrogens is 1. The largest absolute Gasteiger partial charge is 0.478 e. The van der Waals surface area contributed by atoms with Gasteiger partial charge in [-0.1, -0.05) is 24.3 Å². The Hall–Kier alpha value is -3.51. The van der Waals surface area contributed by atoms with Crippen molar-refractivity contribution < 1.29 is 14.1 Å². The summed E-state index contributed by atoms with van der Waals surface area (Å²) in [5.74, 6) is -0.974. The Morgan fingerprint density at radius 3 is 2.27 bits per heavy atom. The summed E-state index contributed by atoms with van der Waals surface area (Å²) in [6.07, 6.45) is 0. The van der Waals surface area contributed by atoms with Gasteiger partial charge in [0.2, 0.25) is 0 Å². The second kappa shape index (κ2) is 8.79. The number of benzene rings is 3. The summed E-state index contributed by atoms with van der Waals surface area (Å²) >= 11 is 0. The maximum Gasteiger partial charge on any atom is 0.335 e. The number of carboxylic acids is 1. The van der Waals surface area contributed by atoms with Crippen LogP contribution in [0.5, 0.6) is 0 Å². The lowest BCUT2D eigenvalue weighted by Gasteiger charge is -2.17. The molecule has 0 radical (unpaired) electrons. The highest BCUT2D eigenvalue weighted by Crippen LogP contribution is 2.34. The zero-order valence-corrected chi connectivity index (χ0v) is 20.1. The van der Waals surface area contributed by atoms with Crippen LogP contribution in [0.25, 0.3) is 22.0 Å². The predicted octanol–water partition coefficient (Wildman–Crippen LogP) is 6.28. The molecule has 1 atom stereocenters. The van der Waals surface area contributed by atoms with Crippen molar-refractivity contribution in [3.05, 3.63) is 88.1 Å². The highest BCUT2D eigenvalue weighted by atomic mass is 32.2. The van der Waals surface area contributed by atoms with Crippen molar-refractivity contribution in [3.8, 4) is 11.1 Å². The highest BCUT2D eigenvalue weighted by molar-refractivity contribution is 7.86. The third-order valence-electron chi connectivity index (χ3n) is 6.10. The van der Waals surface area contributed by atoms with Crippen LogP contribution in [0, 0.1) is 34.6 Å². The van der Waals surface area contributed by atoms with Crippen LogP contribution in [-0.4, -0.2) is 20.3 Å². The van der Waals surface area contributed by atoms with E-state index in [2.05, 4.69) is 10.8 Å².